The second kappa shape index (κ2) is 7.87. The van der Waals surface area contributed by atoms with E-state index in [0.717, 1.165) is 16.5 Å². The van der Waals surface area contributed by atoms with Gasteiger partial charge < -0.3 is 14.4 Å². The number of nitrogens with zero attached hydrogens (tertiary/aromatic N) is 2. The Balaban J connectivity index is 1.90. The van der Waals surface area contributed by atoms with Crippen LogP contribution in [0.2, 0.25) is 0 Å². The highest BCUT2D eigenvalue weighted by molar-refractivity contribution is 6.06. The minimum absolute atomic E-state index is 0.0131. The number of carbonyl (C=O) groups excluding carboxylic acids is 1. The normalized spacial score (nSPS) is 10.6. The van der Waals surface area contributed by atoms with Crippen molar-refractivity contribution >= 4 is 16.8 Å². The molecule has 5 nitrogen and oxygen atoms in total. The second-order valence-corrected chi connectivity index (χ2v) is 5.88. The second-order valence-electron chi connectivity index (χ2n) is 5.88. The molecule has 3 rings (SSSR count). The molecule has 2 aromatic carbocycles. The molecule has 0 aliphatic heterocycles. The Kier molecular flexibility index (Phi) is 5.37. The van der Waals surface area contributed by atoms with Crippen molar-refractivity contribution in [1.29, 1.82) is 0 Å². The number of fused-ring (bicyclic) bond motifs is 1. The third-order valence-electron chi connectivity index (χ3n) is 4.37. The van der Waals surface area contributed by atoms with Gasteiger partial charge in [0.15, 0.2) is 11.5 Å². The molecule has 0 saturated carbocycles. The zero-order valence-corrected chi connectivity index (χ0v) is 15.2. The third-order valence-corrected chi connectivity index (χ3v) is 4.37. The summed E-state index contributed by atoms with van der Waals surface area (Å²) < 4.78 is 10.6. The number of aromatic nitrogens is 1. The first-order chi connectivity index (χ1) is 12.7. The Hall–Kier alpha value is -3.08. The van der Waals surface area contributed by atoms with Crippen LogP contribution in [-0.4, -0.2) is 36.6 Å². The van der Waals surface area contributed by atoms with Gasteiger partial charge in [-0.25, -0.2) is 0 Å². The van der Waals surface area contributed by atoms with E-state index in [4.69, 9.17) is 9.47 Å². The number of carbonyl (C=O) groups is 1. The average molecular weight is 350 g/mol. The van der Waals surface area contributed by atoms with Gasteiger partial charge in [0, 0.05) is 30.2 Å². The van der Waals surface area contributed by atoms with Crippen LogP contribution < -0.4 is 9.47 Å². The molecule has 3 aromatic rings. The number of pyridine rings is 1. The largest absolute Gasteiger partial charge is 0.493 e. The van der Waals surface area contributed by atoms with Crippen LogP contribution in [0.25, 0.3) is 10.9 Å². The van der Waals surface area contributed by atoms with Crippen LogP contribution >= 0.6 is 0 Å². The lowest BCUT2D eigenvalue weighted by molar-refractivity contribution is 0.0754. The summed E-state index contributed by atoms with van der Waals surface area (Å²) in [6.07, 6.45) is 1.73. The van der Waals surface area contributed by atoms with Gasteiger partial charge in [-0.15, -0.1) is 0 Å². The summed E-state index contributed by atoms with van der Waals surface area (Å²) in [6, 6.07) is 15.1. The summed E-state index contributed by atoms with van der Waals surface area (Å²) in [7, 11) is 3.21. The molecule has 5 heteroatoms. The van der Waals surface area contributed by atoms with Gasteiger partial charge in [0.2, 0.25) is 0 Å². The van der Waals surface area contributed by atoms with Crippen LogP contribution in [0.5, 0.6) is 11.5 Å². The number of rotatable bonds is 6. The first-order valence-electron chi connectivity index (χ1n) is 8.51. The Morgan fingerprint density at radius 3 is 2.58 bits per heavy atom. The molecule has 0 saturated heterocycles. The van der Waals surface area contributed by atoms with Crippen molar-refractivity contribution in [2.45, 2.75) is 13.5 Å². The lowest BCUT2D eigenvalue weighted by atomic mass is 10.1. The Morgan fingerprint density at radius 2 is 1.85 bits per heavy atom. The zero-order valence-electron chi connectivity index (χ0n) is 15.2. The number of hydrogen-bond acceptors (Lipinski definition) is 4. The number of hydrogen-bond donors (Lipinski definition) is 0. The van der Waals surface area contributed by atoms with Gasteiger partial charge in [0.25, 0.3) is 5.91 Å². The van der Waals surface area contributed by atoms with Gasteiger partial charge in [-0.1, -0.05) is 18.2 Å². The van der Waals surface area contributed by atoms with Gasteiger partial charge >= 0.3 is 0 Å². The number of amides is 1. The van der Waals surface area contributed by atoms with Crippen LogP contribution in [0.15, 0.2) is 54.7 Å². The molecule has 1 heterocycles. The summed E-state index contributed by atoms with van der Waals surface area (Å²) in [5, 5.41) is 0.866. The Morgan fingerprint density at radius 1 is 1.04 bits per heavy atom. The van der Waals surface area contributed by atoms with Gasteiger partial charge in [-0.3, -0.25) is 9.78 Å². The van der Waals surface area contributed by atoms with Crippen molar-refractivity contribution < 1.29 is 14.3 Å². The van der Waals surface area contributed by atoms with Crippen molar-refractivity contribution in [3.8, 4) is 11.5 Å². The maximum absolute atomic E-state index is 13.1. The molecule has 0 atom stereocenters. The molecule has 134 valence electrons. The van der Waals surface area contributed by atoms with E-state index in [1.54, 1.807) is 20.4 Å². The maximum Gasteiger partial charge on any atom is 0.254 e. The fourth-order valence-corrected chi connectivity index (χ4v) is 2.99. The molecule has 0 unspecified atom stereocenters. The molecule has 0 N–H and O–H groups in total. The number of methoxy groups -OCH3 is 2. The highest BCUT2D eigenvalue weighted by atomic mass is 16.5. The highest BCUT2D eigenvalue weighted by Crippen LogP contribution is 2.28. The highest BCUT2D eigenvalue weighted by Gasteiger charge is 2.18. The average Bonchev–Trinajstić information content (AvgIpc) is 2.70. The van der Waals surface area contributed by atoms with E-state index in [0.29, 0.717) is 30.2 Å². The SMILES string of the molecule is CCN(Cc1ccc(OC)c(OC)c1)C(=O)c1cccc2ncccc12. The van der Waals surface area contributed by atoms with Crippen molar-refractivity contribution in [3.05, 3.63) is 65.9 Å². The smallest absolute Gasteiger partial charge is 0.254 e. The molecule has 0 spiro atoms. The molecule has 1 amide bonds. The van der Waals surface area contributed by atoms with Gasteiger partial charge in [0.1, 0.15) is 0 Å². The molecular formula is C21H22N2O3. The van der Waals surface area contributed by atoms with Crippen LogP contribution in [0.4, 0.5) is 0 Å². The lowest BCUT2D eigenvalue weighted by Crippen LogP contribution is -2.30. The van der Waals surface area contributed by atoms with Crippen molar-refractivity contribution in [3.63, 3.8) is 0 Å². The fraction of sp³-hybridized carbons (Fsp3) is 0.238. The minimum atomic E-state index is -0.0131. The minimum Gasteiger partial charge on any atom is -0.493 e. The van der Waals surface area contributed by atoms with E-state index < -0.39 is 0 Å². The summed E-state index contributed by atoms with van der Waals surface area (Å²) in [6.45, 7) is 3.07. The Bertz CT molecular complexity index is 919. The van der Waals surface area contributed by atoms with Crippen LogP contribution in [0.3, 0.4) is 0 Å². The van der Waals surface area contributed by atoms with Gasteiger partial charge in [-0.2, -0.15) is 0 Å². The number of benzene rings is 2. The topological polar surface area (TPSA) is 51.7 Å². The first-order valence-corrected chi connectivity index (χ1v) is 8.51. The van der Waals surface area contributed by atoms with Crippen LogP contribution in [-0.2, 0) is 6.54 Å². The van der Waals surface area contributed by atoms with E-state index in [2.05, 4.69) is 4.98 Å². The fourth-order valence-electron chi connectivity index (χ4n) is 2.99. The van der Waals surface area contributed by atoms with Crippen molar-refractivity contribution in [2.24, 2.45) is 0 Å². The van der Waals surface area contributed by atoms with Crippen molar-refractivity contribution in [1.82, 2.24) is 9.88 Å². The molecule has 0 aliphatic carbocycles. The molecule has 0 radical (unpaired) electrons. The first kappa shape index (κ1) is 17.7. The van der Waals surface area contributed by atoms with E-state index in [-0.39, 0.29) is 5.91 Å². The molecule has 0 aliphatic rings. The standard InChI is InChI=1S/C21H22N2O3/c1-4-23(14-15-10-11-19(25-2)20(13-15)26-3)21(24)17-7-5-9-18-16(17)8-6-12-22-18/h5-13H,4,14H2,1-3H3. The lowest BCUT2D eigenvalue weighted by Gasteiger charge is -2.22. The van der Waals surface area contributed by atoms with Gasteiger partial charge in [0.05, 0.1) is 19.7 Å². The zero-order chi connectivity index (χ0) is 18.5. The summed E-state index contributed by atoms with van der Waals surface area (Å²) in [5.41, 5.74) is 2.47. The summed E-state index contributed by atoms with van der Waals surface area (Å²) in [5.74, 6) is 1.31. The van der Waals surface area contributed by atoms with Crippen LogP contribution in [0.1, 0.15) is 22.8 Å². The molecule has 0 fully saturated rings. The van der Waals surface area contributed by atoms with E-state index in [9.17, 15) is 4.79 Å². The molecule has 0 bridgehead atoms. The predicted octanol–water partition coefficient (Wildman–Crippen LogP) is 3.91. The van der Waals surface area contributed by atoms with E-state index >= 15 is 0 Å². The number of ether oxygens (including phenoxy) is 2. The summed E-state index contributed by atoms with van der Waals surface area (Å²) >= 11 is 0. The van der Waals surface area contributed by atoms with Crippen molar-refractivity contribution in [2.75, 3.05) is 20.8 Å². The van der Waals surface area contributed by atoms with E-state index in [1.807, 2.05) is 60.4 Å². The summed E-state index contributed by atoms with van der Waals surface area (Å²) in [4.78, 5) is 19.3. The molecular weight excluding hydrogens is 328 g/mol. The van der Waals surface area contributed by atoms with E-state index in [1.165, 1.54) is 0 Å². The monoisotopic (exact) mass is 350 g/mol. The van der Waals surface area contributed by atoms with Crippen LogP contribution in [0, 0.1) is 0 Å². The molecule has 1 aromatic heterocycles. The quantitative estimate of drug-likeness (QED) is 0.676. The van der Waals surface area contributed by atoms with Gasteiger partial charge in [-0.05, 0) is 42.8 Å². The maximum atomic E-state index is 13.1. The third kappa shape index (κ3) is 3.47. The predicted molar refractivity (Wildman–Crippen MR) is 102 cm³/mol. The molecule has 26 heavy (non-hydrogen) atoms. The Labute approximate surface area is 153 Å².